The summed E-state index contributed by atoms with van der Waals surface area (Å²) in [5.41, 5.74) is 4.29. The van der Waals surface area contributed by atoms with Crippen LogP contribution in [0, 0.1) is 6.92 Å². The fourth-order valence-corrected chi connectivity index (χ4v) is 3.18. The van der Waals surface area contributed by atoms with E-state index in [9.17, 15) is 9.59 Å². The Hall–Kier alpha value is -2.82. The minimum absolute atomic E-state index is 0.0450. The van der Waals surface area contributed by atoms with Crippen molar-refractivity contribution in [1.29, 1.82) is 0 Å². The van der Waals surface area contributed by atoms with Gasteiger partial charge in [-0.3, -0.25) is 9.59 Å². The number of benzene rings is 2. The van der Waals surface area contributed by atoms with Crippen molar-refractivity contribution in [3.05, 3.63) is 65.2 Å². The molecule has 5 heteroatoms. The van der Waals surface area contributed by atoms with Crippen LogP contribution in [0.5, 0.6) is 0 Å². The lowest BCUT2D eigenvalue weighted by Crippen LogP contribution is -2.37. The van der Waals surface area contributed by atoms with E-state index in [1.54, 1.807) is 0 Å². The molecule has 3 N–H and O–H groups in total. The van der Waals surface area contributed by atoms with Gasteiger partial charge in [-0.15, -0.1) is 0 Å². The monoisotopic (exact) mass is 351 g/mol. The molecule has 136 valence electrons. The molecule has 5 nitrogen and oxygen atoms in total. The average Bonchev–Trinajstić information content (AvgIpc) is 3.07. The quantitative estimate of drug-likeness (QED) is 0.749. The van der Waals surface area contributed by atoms with E-state index in [4.69, 9.17) is 0 Å². The molecule has 1 fully saturated rings. The first kappa shape index (κ1) is 18.0. The van der Waals surface area contributed by atoms with Crippen LogP contribution in [0.2, 0.25) is 0 Å². The first-order valence-corrected chi connectivity index (χ1v) is 8.98. The third-order valence-corrected chi connectivity index (χ3v) is 4.83. The minimum Gasteiger partial charge on any atom is -0.374 e. The van der Waals surface area contributed by atoms with Crippen LogP contribution in [0.4, 0.5) is 5.69 Å². The molecular weight excluding hydrogens is 326 g/mol. The Morgan fingerprint density at radius 3 is 2.77 bits per heavy atom. The Morgan fingerprint density at radius 2 is 2.04 bits per heavy atom. The Bertz CT molecular complexity index is 803. The lowest BCUT2D eigenvalue weighted by Gasteiger charge is -2.17. The molecule has 1 aliphatic rings. The van der Waals surface area contributed by atoms with Crippen LogP contribution in [-0.2, 0) is 16.1 Å². The van der Waals surface area contributed by atoms with Crippen molar-refractivity contribution in [3.63, 3.8) is 0 Å². The number of amides is 2. The highest BCUT2D eigenvalue weighted by molar-refractivity contribution is 5.84. The zero-order chi connectivity index (χ0) is 18.5. The molecule has 1 aliphatic heterocycles. The zero-order valence-corrected chi connectivity index (χ0v) is 15.2. The summed E-state index contributed by atoms with van der Waals surface area (Å²) in [4.78, 5) is 23.8. The molecule has 2 atom stereocenters. The number of rotatable bonds is 6. The van der Waals surface area contributed by atoms with Crippen molar-refractivity contribution in [1.82, 2.24) is 10.6 Å². The predicted molar refractivity (Wildman–Crippen MR) is 103 cm³/mol. The van der Waals surface area contributed by atoms with Gasteiger partial charge >= 0.3 is 0 Å². The second-order valence-corrected chi connectivity index (χ2v) is 6.84. The van der Waals surface area contributed by atoms with Gasteiger partial charge in [0.25, 0.3) is 0 Å². The Balaban J connectivity index is 1.57. The number of carbonyl (C=O) groups excluding carboxylic acids is 2. The maximum absolute atomic E-state index is 12.4. The standard InChI is InChI=1S/C21H25N3O2/c1-14-6-3-4-7-17(14)12-23-21(26)15(2)24-19-9-5-8-16(10-19)18-11-20(25)22-13-18/h3-10,15,18,24H,11-13H2,1-2H3,(H,22,25)(H,23,26). The largest absolute Gasteiger partial charge is 0.374 e. The van der Waals surface area contributed by atoms with E-state index in [1.165, 1.54) is 5.56 Å². The predicted octanol–water partition coefficient (Wildman–Crippen LogP) is 2.72. The van der Waals surface area contributed by atoms with Crippen molar-refractivity contribution >= 4 is 17.5 Å². The molecule has 2 aromatic rings. The van der Waals surface area contributed by atoms with Gasteiger partial charge in [-0.25, -0.2) is 0 Å². The molecule has 0 aromatic heterocycles. The van der Waals surface area contributed by atoms with Gasteiger partial charge in [0, 0.05) is 31.1 Å². The molecule has 26 heavy (non-hydrogen) atoms. The molecule has 2 aromatic carbocycles. The van der Waals surface area contributed by atoms with Crippen molar-refractivity contribution in [2.24, 2.45) is 0 Å². The SMILES string of the molecule is Cc1ccccc1CNC(=O)C(C)Nc1cccc(C2CNC(=O)C2)c1. The Labute approximate surface area is 154 Å². The fourth-order valence-electron chi connectivity index (χ4n) is 3.18. The van der Waals surface area contributed by atoms with Gasteiger partial charge < -0.3 is 16.0 Å². The molecule has 0 bridgehead atoms. The molecule has 3 rings (SSSR count). The lowest BCUT2D eigenvalue weighted by molar-refractivity contribution is -0.121. The molecule has 1 heterocycles. The molecule has 0 aliphatic carbocycles. The van der Waals surface area contributed by atoms with Gasteiger partial charge in [0.1, 0.15) is 6.04 Å². The summed E-state index contributed by atoms with van der Waals surface area (Å²) in [6.45, 7) is 5.08. The van der Waals surface area contributed by atoms with Crippen LogP contribution in [0.3, 0.4) is 0 Å². The van der Waals surface area contributed by atoms with Crippen LogP contribution < -0.4 is 16.0 Å². The van der Waals surface area contributed by atoms with E-state index in [0.717, 1.165) is 16.8 Å². The Kier molecular flexibility index (Phi) is 5.56. The van der Waals surface area contributed by atoms with E-state index in [-0.39, 0.29) is 23.8 Å². The first-order valence-electron chi connectivity index (χ1n) is 8.98. The molecular formula is C21H25N3O2. The molecule has 1 saturated heterocycles. The van der Waals surface area contributed by atoms with Gasteiger partial charge in [-0.05, 0) is 42.7 Å². The molecule has 0 spiro atoms. The first-order chi connectivity index (χ1) is 12.5. The highest BCUT2D eigenvalue weighted by Crippen LogP contribution is 2.25. The third kappa shape index (κ3) is 4.42. The molecule has 0 radical (unpaired) electrons. The average molecular weight is 351 g/mol. The fraction of sp³-hybridized carbons (Fsp3) is 0.333. The lowest BCUT2D eigenvalue weighted by atomic mass is 9.98. The maximum Gasteiger partial charge on any atom is 0.242 e. The minimum atomic E-state index is -0.349. The van der Waals surface area contributed by atoms with Crippen LogP contribution in [0.25, 0.3) is 0 Å². The third-order valence-electron chi connectivity index (χ3n) is 4.83. The zero-order valence-electron chi connectivity index (χ0n) is 15.2. The summed E-state index contributed by atoms with van der Waals surface area (Å²) in [7, 11) is 0. The normalized spacial score (nSPS) is 17.5. The highest BCUT2D eigenvalue weighted by atomic mass is 16.2. The van der Waals surface area contributed by atoms with Gasteiger partial charge in [0.05, 0.1) is 0 Å². The topological polar surface area (TPSA) is 70.2 Å². The maximum atomic E-state index is 12.4. The van der Waals surface area contributed by atoms with Crippen LogP contribution in [0.15, 0.2) is 48.5 Å². The van der Waals surface area contributed by atoms with Crippen molar-refractivity contribution in [3.8, 4) is 0 Å². The summed E-state index contributed by atoms with van der Waals surface area (Å²) in [5, 5.41) is 9.09. The van der Waals surface area contributed by atoms with Crippen molar-refractivity contribution in [2.45, 2.75) is 38.8 Å². The smallest absolute Gasteiger partial charge is 0.242 e. The van der Waals surface area contributed by atoms with Crippen molar-refractivity contribution in [2.75, 3.05) is 11.9 Å². The number of hydrogen-bond donors (Lipinski definition) is 3. The van der Waals surface area contributed by atoms with Gasteiger partial charge in [-0.2, -0.15) is 0 Å². The van der Waals surface area contributed by atoms with E-state index in [0.29, 0.717) is 19.5 Å². The second-order valence-electron chi connectivity index (χ2n) is 6.84. The summed E-state index contributed by atoms with van der Waals surface area (Å²) in [5.74, 6) is 0.253. The molecule has 0 saturated carbocycles. The van der Waals surface area contributed by atoms with E-state index >= 15 is 0 Å². The summed E-state index contributed by atoms with van der Waals surface area (Å²) in [6.07, 6.45) is 0.524. The second kappa shape index (κ2) is 8.04. The number of carbonyl (C=O) groups is 2. The van der Waals surface area contributed by atoms with Gasteiger partial charge in [-0.1, -0.05) is 36.4 Å². The summed E-state index contributed by atoms with van der Waals surface area (Å²) < 4.78 is 0. The molecule has 2 amide bonds. The van der Waals surface area contributed by atoms with Crippen LogP contribution in [0.1, 0.15) is 36.0 Å². The van der Waals surface area contributed by atoms with Crippen LogP contribution in [-0.4, -0.2) is 24.4 Å². The van der Waals surface area contributed by atoms with E-state index in [2.05, 4.69) is 16.0 Å². The number of aryl methyl sites for hydroxylation is 1. The van der Waals surface area contributed by atoms with Gasteiger partial charge in [0.2, 0.25) is 11.8 Å². The Morgan fingerprint density at radius 1 is 1.23 bits per heavy atom. The van der Waals surface area contributed by atoms with Crippen molar-refractivity contribution < 1.29 is 9.59 Å². The molecule has 2 unspecified atom stereocenters. The van der Waals surface area contributed by atoms with Gasteiger partial charge in [0.15, 0.2) is 0 Å². The summed E-state index contributed by atoms with van der Waals surface area (Å²) >= 11 is 0. The number of hydrogen-bond acceptors (Lipinski definition) is 3. The number of nitrogens with one attached hydrogen (secondary N) is 3. The summed E-state index contributed by atoms with van der Waals surface area (Å²) in [6, 6.07) is 15.6. The van der Waals surface area contributed by atoms with E-state index in [1.807, 2.05) is 62.4 Å². The van der Waals surface area contributed by atoms with Crippen LogP contribution >= 0.6 is 0 Å². The van der Waals surface area contributed by atoms with E-state index < -0.39 is 0 Å². The highest BCUT2D eigenvalue weighted by Gasteiger charge is 2.23. The number of anilines is 1.